The lowest BCUT2D eigenvalue weighted by Gasteiger charge is -2.27. The summed E-state index contributed by atoms with van der Waals surface area (Å²) in [5.41, 5.74) is 1.38. The topological polar surface area (TPSA) is 0 Å². The number of hydrogen-bond donors (Lipinski definition) is 0. The first-order valence-electron chi connectivity index (χ1n) is 6.86. The minimum absolute atomic E-state index is 0.461. The van der Waals surface area contributed by atoms with Crippen LogP contribution in [0.15, 0.2) is 73.3 Å². The lowest BCUT2D eigenvalue weighted by Crippen LogP contribution is -2.42. The number of allylic oxidation sites excluding steroid dienone is 1. The van der Waals surface area contributed by atoms with Crippen molar-refractivity contribution < 1.29 is 0 Å². The standard InChI is InChI=1S/C18H22Si/c1-4-16(17-11-7-5-8-12-17)15-19(2,3)18-13-9-6-10-14-18/h4-14,16H,1,15H2,2-3H3/t16-/m1/s1. The summed E-state index contributed by atoms with van der Waals surface area (Å²) in [6, 6.07) is 22.9. The van der Waals surface area contributed by atoms with Gasteiger partial charge in [-0.05, 0) is 17.5 Å². The fourth-order valence-electron chi connectivity index (χ4n) is 2.59. The summed E-state index contributed by atoms with van der Waals surface area (Å²) in [4.78, 5) is 0. The highest BCUT2D eigenvalue weighted by Crippen LogP contribution is 2.27. The van der Waals surface area contributed by atoms with E-state index >= 15 is 0 Å². The molecule has 0 aliphatic carbocycles. The molecule has 0 amide bonds. The first kappa shape index (κ1) is 13.8. The Morgan fingerprint density at radius 2 is 1.47 bits per heavy atom. The van der Waals surface area contributed by atoms with Crippen molar-refractivity contribution in [3.05, 3.63) is 78.9 Å². The van der Waals surface area contributed by atoms with Crippen molar-refractivity contribution in [1.82, 2.24) is 0 Å². The highest BCUT2D eigenvalue weighted by Gasteiger charge is 2.26. The molecule has 0 spiro atoms. The van der Waals surface area contributed by atoms with E-state index in [1.165, 1.54) is 16.8 Å². The average Bonchev–Trinajstić information content (AvgIpc) is 2.47. The van der Waals surface area contributed by atoms with Gasteiger partial charge in [0.05, 0.1) is 8.07 Å². The van der Waals surface area contributed by atoms with E-state index < -0.39 is 8.07 Å². The van der Waals surface area contributed by atoms with Gasteiger partial charge < -0.3 is 0 Å². The van der Waals surface area contributed by atoms with Crippen LogP contribution < -0.4 is 5.19 Å². The fourth-order valence-corrected chi connectivity index (χ4v) is 5.43. The van der Waals surface area contributed by atoms with Gasteiger partial charge in [0, 0.05) is 0 Å². The van der Waals surface area contributed by atoms with Crippen LogP contribution in [0.3, 0.4) is 0 Å². The summed E-state index contributed by atoms with van der Waals surface area (Å²) in [6.45, 7) is 8.93. The number of benzene rings is 2. The van der Waals surface area contributed by atoms with Gasteiger partial charge in [0.1, 0.15) is 0 Å². The molecule has 0 saturated carbocycles. The zero-order valence-electron chi connectivity index (χ0n) is 11.8. The van der Waals surface area contributed by atoms with Crippen molar-refractivity contribution in [3.63, 3.8) is 0 Å². The van der Waals surface area contributed by atoms with Crippen molar-refractivity contribution >= 4 is 13.3 Å². The molecule has 0 bridgehead atoms. The van der Waals surface area contributed by atoms with Gasteiger partial charge in [-0.25, -0.2) is 0 Å². The minimum atomic E-state index is -1.42. The van der Waals surface area contributed by atoms with E-state index in [9.17, 15) is 0 Å². The molecule has 1 heteroatoms. The third-order valence-electron chi connectivity index (χ3n) is 3.80. The number of rotatable bonds is 5. The molecule has 0 unspecified atom stereocenters. The third kappa shape index (κ3) is 3.45. The molecule has 0 nitrogen and oxygen atoms in total. The van der Waals surface area contributed by atoms with Gasteiger partial charge in [0.15, 0.2) is 0 Å². The van der Waals surface area contributed by atoms with E-state index in [1.54, 1.807) is 0 Å². The smallest absolute Gasteiger partial charge is 0.0815 e. The van der Waals surface area contributed by atoms with E-state index in [4.69, 9.17) is 0 Å². The maximum Gasteiger partial charge on any atom is 0.0815 e. The SMILES string of the molecule is C=C[C@H](C[Si](C)(C)c1ccccc1)c1ccccc1. The first-order valence-corrected chi connectivity index (χ1v) is 10.1. The Hall–Kier alpha value is -1.60. The van der Waals surface area contributed by atoms with Crippen molar-refractivity contribution in [2.45, 2.75) is 25.1 Å². The molecule has 0 aromatic heterocycles. The minimum Gasteiger partial charge on any atom is -0.102 e. The highest BCUT2D eigenvalue weighted by atomic mass is 28.3. The van der Waals surface area contributed by atoms with Crippen LogP contribution in [0, 0.1) is 0 Å². The summed E-state index contributed by atoms with van der Waals surface area (Å²) in [7, 11) is -1.42. The zero-order chi connectivity index (χ0) is 13.7. The summed E-state index contributed by atoms with van der Waals surface area (Å²) in [5.74, 6) is 0.461. The van der Waals surface area contributed by atoms with Gasteiger partial charge in [0.25, 0.3) is 0 Å². The van der Waals surface area contributed by atoms with Crippen molar-refractivity contribution in [1.29, 1.82) is 0 Å². The van der Waals surface area contributed by atoms with Crippen LogP contribution in [0.5, 0.6) is 0 Å². The van der Waals surface area contributed by atoms with Gasteiger partial charge in [-0.15, -0.1) is 6.58 Å². The van der Waals surface area contributed by atoms with Gasteiger partial charge in [-0.3, -0.25) is 0 Å². The Balaban J connectivity index is 2.21. The van der Waals surface area contributed by atoms with Gasteiger partial charge in [0.2, 0.25) is 0 Å². The van der Waals surface area contributed by atoms with Gasteiger partial charge >= 0.3 is 0 Å². The maximum absolute atomic E-state index is 4.04. The normalized spacial score (nSPS) is 12.9. The Labute approximate surface area is 117 Å². The van der Waals surface area contributed by atoms with E-state index in [-0.39, 0.29) is 0 Å². The molecule has 0 saturated heterocycles. The van der Waals surface area contributed by atoms with Crippen LogP contribution in [0.2, 0.25) is 19.1 Å². The van der Waals surface area contributed by atoms with Gasteiger partial charge in [-0.2, -0.15) is 0 Å². The molecule has 19 heavy (non-hydrogen) atoms. The Morgan fingerprint density at radius 1 is 0.947 bits per heavy atom. The van der Waals surface area contributed by atoms with E-state index in [2.05, 4.69) is 86.4 Å². The molecule has 0 radical (unpaired) electrons. The Kier molecular flexibility index (Phi) is 4.38. The molecule has 0 N–H and O–H groups in total. The fraction of sp³-hybridized carbons (Fsp3) is 0.222. The molecule has 2 rings (SSSR count). The first-order chi connectivity index (χ1) is 9.13. The zero-order valence-corrected chi connectivity index (χ0v) is 12.8. The van der Waals surface area contributed by atoms with Crippen LogP contribution in [-0.4, -0.2) is 8.07 Å². The van der Waals surface area contributed by atoms with Crippen LogP contribution in [0.25, 0.3) is 0 Å². The van der Waals surface area contributed by atoms with E-state index in [0.717, 1.165) is 0 Å². The molecule has 0 fully saturated rings. The molecule has 0 heterocycles. The molecule has 2 aromatic rings. The van der Waals surface area contributed by atoms with Crippen LogP contribution in [0.4, 0.5) is 0 Å². The number of hydrogen-bond acceptors (Lipinski definition) is 0. The molecular formula is C18H22Si. The Bertz CT molecular complexity index is 514. The largest absolute Gasteiger partial charge is 0.102 e. The predicted octanol–water partition coefficient (Wildman–Crippen LogP) is 4.57. The lowest BCUT2D eigenvalue weighted by atomic mass is 10.0. The van der Waals surface area contributed by atoms with Crippen LogP contribution in [0.1, 0.15) is 11.5 Å². The second-order valence-corrected chi connectivity index (χ2v) is 10.5. The third-order valence-corrected chi connectivity index (χ3v) is 7.15. The van der Waals surface area contributed by atoms with Crippen LogP contribution in [-0.2, 0) is 0 Å². The molecule has 0 aliphatic rings. The van der Waals surface area contributed by atoms with Crippen molar-refractivity contribution in [2.75, 3.05) is 0 Å². The van der Waals surface area contributed by atoms with Gasteiger partial charge in [-0.1, -0.05) is 85.0 Å². The summed E-state index contributed by atoms with van der Waals surface area (Å²) in [6.07, 6.45) is 2.10. The molecule has 98 valence electrons. The summed E-state index contributed by atoms with van der Waals surface area (Å²) < 4.78 is 0. The molecular weight excluding hydrogens is 244 g/mol. The summed E-state index contributed by atoms with van der Waals surface area (Å²) >= 11 is 0. The summed E-state index contributed by atoms with van der Waals surface area (Å²) in [5, 5.41) is 1.53. The highest BCUT2D eigenvalue weighted by molar-refractivity contribution is 6.89. The van der Waals surface area contributed by atoms with E-state index in [0.29, 0.717) is 5.92 Å². The monoisotopic (exact) mass is 266 g/mol. The maximum atomic E-state index is 4.04. The van der Waals surface area contributed by atoms with Crippen molar-refractivity contribution in [2.24, 2.45) is 0 Å². The van der Waals surface area contributed by atoms with Crippen molar-refractivity contribution in [3.8, 4) is 0 Å². The second kappa shape index (κ2) is 6.03. The average molecular weight is 266 g/mol. The van der Waals surface area contributed by atoms with Crippen LogP contribution >= 0.6 is 0 Å². The molecule has 1 atom stereocenters. The lowest BCUT2D eigenvalue weighted by molar-refractivity contribution is 0.945. The van der Waals surface area contributed by atoms with E-state index in [1.807, 2.05) is 0 Å². The predicted molar refractivity (Wildman–Crippen MR) is 87.7 cm³/mol. The quantitative estimate of drug-likeness (QED) is 0.549. The Morgan fingerprint density at radius 3 is 2.00 bits per heavy atom. The molecule has 2 aromatic carbocycles. The molecule has 0 aliphatic heterocycles. The second-order valence-electron chi connectivity index (χ2n) is 5.71.